The zero-order valence-electron chi connectivity index (χ0n) is 40.3. The molecule has 10 rings (SSSR count). The number of aryl methyl sites for hydroxylation is 1. The van der Waals surface area contributed by atoms with Crippen LogP contribution in [0.5, 0.6) is 0 Å². The first-order chi connectivity index (χ1) is 29.5. The van der Waals surface area contributed by atoms with Crippen LogP contribution < -0.4 is 25.5 Å². The van der Waals surface area contributed by atoms with Gasteiger partial charge in [0.05, 0.1) is 11.4 Å². The summed E-state index contributed by atoms with van der Waals surface area (Å²) in [5.41, 5.74) is 21.4. The maximum Gasteiger partial charge on any atom is 0.264 e. The molecule has 0 bridgehead atoms. The molecule has 2 nitrogen and oxygen atoms in total. The van der Waals surface area contributed by atoms with Crippen LogP contribution in [0.4, 0.5) is 34.1 Å². The summed E-state index contributed by atoms with van der Waals surface area (Å²) in [6.07, 6.45) is 2.31. The van der Waals surface area contributed by atoms with E-state index < -0.39 is 0 Å². The fourth-order valence-electron chi connectivity index (χ4n) is 10.9. The van der Waals surface area contributed by atoms with E-state index in [0.29, 0.717) is 0 Å². The van der Waals surface area contributed by atoms with E-state index in [0.717, 1.165) is 6.42 Å². The molecule has 6 aromatic carbocycles. The molecule has 7 aromatic rings. The van der Waals surface area contributed by atoms with Crippen LogP contribution in [0.3, 0.4) is 0 Å². The highest BCUT2D eigenvalue weighted by molar-refractivity contribution is 7.33. The van der Waals surface area contributed by atoms with E-state index in [1.54, 1.807) is 0 Å². The summed E-state index contributed by atoms with van der Waals surface area (Å²) in [6, 6.07) is 45.4. The zero-order valence-corrected chi connectivity index (χ0v) is 41.1. The molecule has 0 fully saturated rings. The molecule has 0 atom stereocenters. The smallest absolute Gasteiger partial charge is 0.264 e. The Labute approximate surface area is 382 Å². The van der Waals surface area contributed by atoms with Crippen molar-refractivity contribution in [2.24, 2.45) is 0 Å². The minimum absolute atomic E-state index is 0.0115. The van der Waals surface area contributed by atoms with Crippen molar-refractivity contribution < 1.29 is 0 Å². The van der Waals surface area contributed by atoms with Crippen LogP contribution in [0, 0.1) is 6.92 Å². The standard InChI is InChI=1S/C59H65BN2S/c1-36-20-29-49-43(32-36)52-54(63-49)60-45-27-26-44-50(59(13,14)31-30-58(44,11)12)53(45)62(46-28-23-39(56(5,6)7)33-42(46)37-18-16-15-17-19-37)48-35-40(57(8,9)10)34-47(51(48)60)61(52)41-24-21-38(22-25-41)55(2,3)4/h15-29,32-35H,30-31H2,1-14H3. The maximum atomic E-state index is 2.76. The van der Waals surface area contributed by atoms with E-state index in [4.69, 9.17) is 0 Å². The summed E-state index contributed by atoms with van der Waals surface area (Å²) in [4.78, 5) is 5.42. The summed E-state index contributed by atoms with van der Waals surface area (Å²) in [5, 5.41) is 1.34. The Hall–Kier alpha value is -5.06. The molecule has 3 heterocycles. The number of benzene rings is 6. The van der Waals surface area contributed by atoms with Crippen LogP contribution in [-0.2, 0) is 27.1 Å². The Morgan fingerprint density at radius 2 is 1.17 bits per heavy atom. The average Bonchev–Trinajstić information content (AvgIpc) is 3.59. The van der Waals surface area contributed by atoms with Crippen LogP contribution in [0.15, 0.2) is 115 Å². The Balaban J connectivity index is 1.40. The fraction of sp³-hybridized carbons (Fsp3) is 0.356. The van der Waals surface area contributed by atoms with Crippen LogP contribution in [0.2, 0.25) is 0 Å². The van der Waals surface area contributed by atoms with Crippen molar-refractivity contribution in [2.45, 2.75) is 137 Å². The molecule has 0 unspecified atom stereocenters. The molecule has 63 heavy (non-hydrogen) atoms. The van der Waals surface area contributed by atoms with Gasteiger partial charge >= 0.3 is 0 Å². The normalized spacial score (nSPS) is 16.4. The molecule has 0 saturated carbocycles. The highest BCUT2D eigenvalue weighted by Gasteiger charge is 2.50. The lowest BCUT2D eigenvalue weighted by Crippen LogP contribution is -2.61. The van der Waals surface area contributed by atoms with Gasteiger partial charge in [-0.05, 0) is 140 Å². The molecule has 0 radical (unpaired) electrons. The van der Waals surface area contributed by atoms with Crippen LogP contribution in [0.25, 0.3) is 21.2 Å². The molecule has 0 spiro atoms. The van der Waals surface area contributed by atoms with E-state index in [1.165, 1.54) is 111 Å². The Morgan fingerprint density at radius 3 is 1.83 bits per heavy atom. The number of fused-ring (bicyclic) bond motifs is 8. The SMILES string of the molecule is Cc1ccc2sc3c(c2c1)N(c1ccc(C(C)(C)C)cc1)c1cc(C(C)(C)C)cc2c1B3c1ccc3c(c1N2c1ccc(C(C)(C)C)cc1-c1ccccc1)C(C)(C)CCC3(C)C. The monoisotopic (exact) mass is 844 g/mol. The molecular formula is C59H65BN2S. The first-order valence-corrected chi connectivity index (χ1v) is 24.2. The lowest BCUT2D eigenvalue weighted by atomic mass is 9.35. The zero-order chi connectivity index (χ0) is 44.8. The predicted octanol–water partition coefficient (Wildman–Crippen LogP) is 15.2. The minimum atomic E-state index is -0.113. The molecule has 0 saturated heterocycles. The number of hydrogen-bond donors (Lipinski definition) is 0. The molecule has 320 valence electrons. The molecule has 1 aliphatic carbocycles. The lowest BCUT2D eigenvalue weighted by Gasteiger charge is -2.49. The van der Waals surface area contributed by atoms with Gasteiger partial charge in [0.2, 0.25) is 0 Å². The average molecular weight is 845 g/mol. The van der Waals surface area contributed by atoms with Gasteiger partial charge < -0.3 is 9.80 Å². The van der Waals surface area contributed by atoms with Crippen molar-refractivity contribution in [1.29, 1.82) is 0 Å². The highest BCUT2D eigenvalue weighted by Crippen LogP contribution is 2.56. The second-order valence-electron chi connectivity index (χ2n) is 23.4. The second-order valence-corrected chi connectivity index (χ2v) is 24.5. The van der Waals surface area contributed by atoms with Crippen LogP contribution in [-0.4, -0.2) is 6.71 Å². The first kappa shape index (κ1) is 41.9. The van der Waals surface area contributed by atoms with Crippen molar-refractivity contribution in [1.82, 2.24) is 0 Å². The molecule has 2 aliphatic heterocycles. The molecule has 4 heteroatoms. The Morgan fingerprint density at radius 1 is 0.556 bits per heavy atom. The van der Waals surface area contributed by atoms with Crippen LogP contribution >= 0.6 is 11.3 Å². The summed E-state index contributed by atoms with van der Waals surface area (Å²) >= 11 is 2.01. The van der Waals surface area contributed by atoms with Crippen molar-refractivity contribution >= 4 is 78.0 Å². The third-order valence-corrected chi connectivity index (χ3v) is 16.0. The van der Waals surface area contributed by atoms with Gasteiger partial charge in [0.1, 0.15) is 0 Å². The van der Waals surface area contributed by atoms with Gasteiger partial charge in [-0.25, -0.2) is 0 Å². The van der Waals surface area contributed by atoms with Gasteiger partial charge in [0.25, 0.3) is 6.71 Å². The topological polar surface area (TPSA) is 6.48 Å². The van der Waals surface area contributed by atoms with Gasteiger partial charge in [-0.2, -0.15) is 0 Å². The van der Waals surface area contributed by atoms with Crippen LogP contribution in [0.1, 0.15) is 136 Å². The number of nitrogens with zero attached hydrogens (tertiary/aromatic N) is 2. The van der Waals surface area contributed by atoms with Gasteiger partial charge in [-0.3, -0.25) is 0 Å². The van der Waals surface area contributed by atoms with Crippen molar-refractivity contribution in [3.8, 4) is 11.1 Å². The maximum absolute atomic E-state index is 2.76. The summed E-state index contributed by atoms with van der Waals surface area (Å²) in [6.45, 7) is 33.4. The number of thiophene rings is 1. The molecule has 1 aromatic heterocycles. The second kappa shape index (κ2) is 14.0. The largest absolute Gasteiger partial charge is 0.310 e. The first-order valence-electron chi connectivity index (χ1n) is 23.3. The predicted molar refractivity (Wildman–Crippen MR) is 277 cm³/mol. The van der Waals surface area contributed by atoms with Gasteiger partial charge in [-0.1, -0.05) is 162 Å². The number of hydrogen-bond acceptors (Lipinski definition) is 3. The van der Waals surface area contributed by atoms with Crippen molar-refractivity contribution in [3.05, 3.63) is 149 Å². The van der Waals surface area contributed by atoms with E-state index in [1.807, 2.05) is 11.3 Å². The van der Waals surface area contributed by atoms with E-state index in [-0.39, 0.29) is 33.8 Å². The van der Waals surface area contributed by atoms with Gasteiger partial charge in [0.15, 0.2) is 0 Å². The number of anilines is 6. The summed E-state index contributed by atoms with van der Waals surface area (Å²) in [5.74, 6) is 0. The Bertz CT molecular complexity index is 2960. The number of rotatable bonds is 3. The quantitative estimate of drug-likeness (QED) is 0.164. The molecule has 0 amide bonds. The molecule has 0 N–H and O–H groups in total. The summed E-state index contributed by atoms with van der Waals surface area (Å²) in [7, 11) is 0. The fourth-order valence-corrected chi connectivity index (χ4v) is 12.2. The molecule has 3 aliphatic rings. The van der Waals surface area contributed by atoms with Gasteiger partial charge in [0, 0.05) is 43.2 Å². The van der Waals surface area contributed by atoms with E-state index >= 15 is 0 Å². The van der Waals surface area contributed by atoms with Crippen molar-refractivity contribution in [3.63, 3.8) is 0 Å². The minimum Gasteiger partial charge on any atom is -0.310 e. The van der Waals surface area contributed by atoms with Crippen molar-refractivity contribution in [2.75, 3.05) is 9.80 Å². The highest BCUT2D eigenvalue weighted by atomic mass is 32.1. The lowest BCUT2D eigenvalue weighted by molar-refractivity contribution is 0.333. The third kappa shape index (κ3) is 6.64. The van der Waals surface area contributed by atoms with E-state index in [2.05, 4.69) is 222 Å². The Kier molecular flexibility index (Phi) is 9.30. The third-order valence-electron chi connectivity index (χ3n) is 14.8. The van der Waals surface area contributed by atoms with E-state index in [9.17, 15) is 0 Å². The summed E-state index contributed by atoms with van der Waals surface area (Å²) < 4.78 is 2.78. The van der Waals surface area contributed by atoms with Gasteiger partial charge in [-0.15, -0.1) is 11.3 Å². The molecular weight excluding hydrogens is 780 g/mol.